The molecular weight excluding hydrogens is 300 g/mol. The van der Waals surface area contributed by atoms with Gasteiger partial charge in [0.2, 0.25) is 0 Å². The number of carbonyl (C=O) groups excluding carboxylic acids is 1. The van der Waals surface area contributed by atoms with Crippen LogP contribution >= 0.6 is 0 Å². The zero-order valence-electron chi connectivity index (χ0n) is 11.7. The highest BCUT2D eigenvalue weighted by atomic mass is 16.6. The zero-order chi connectivity index (χ0) is 16.2. The average Bonchev–Trinajstić information content (AvgIpc) is 2.99. The summed E-state index contributed by atoms with van der Waals surface area (Å²) >= 11 is 0. The molecule has 1 N–H and O–H groups in total. The summed E-state index contributed by atoms with van der Waals surface area (Å²) in [4.78, 5) is 30.0. The van der Waals surface area contributed by atoms with Crippen LogP contribution in [0.2, 0.25) is 0 Å². The first kappa shape index (κ1) is 14.3. The Labute approximate surface area is 129 Å². The number of rotatable bonds is 4. The van der Waals surface area contributed by atoms with Gasteiger partial charge in [0.25, 0.3) is 11.6 Å². The maximum Gasteiger partial charge on any atom is 0.291 e. The summed E-state index contributed by atoms with van der Waals surface area (Å²) in [5.41, 5.74) is 3.72. The highest BCUT2D eigenvalue weighted by Gasteiger charge is 2.09. The Morgan fingerprint density at radius 3 is 2.83 bits per heavy atom. The van der Waals surface area contributed by atoms with E-state index in [1.54, 1.807) is 23.0 Å². The van der Waals surface area contributed by atoms with E-state index in [2.05, 4.69) is 20.5 Å². The van der Waals surface area contributed by atoms with Crippen molar-refractivity contribution < 1.29 is 9.72 Å². The molecule has 1 aromatic carbocycles. The number of hydrazone groups is 1. The van der Waals surface area contributed by atoms with Gasteiger partial charge in [-0.3, -0.25) is 19.9 Å². The molecule has 1 amide bonds. The Bertz CT molecular complexity index is 867. The average molecular weight is 310 g/mol. The molecule has 2 heterocycles. The third-order valence-electron chi connectivity index (χ3n) is 2.98. The molecule has 0 aliphatic heterocycles. The molecule has 0 radical (unpaired) electrons. The Kier molecular flexibility index (Phi) is 3.75. The van der Waals surface area contributed by atoms with Gasteiger partial charge in [0.15, 0.2) is 5.65 Å². The van der Waals surface area contributed by atoms with Crippen molar-refractivity contribution in [2.24, 2.45) is 5.10 Å². The smallest absolute Gasteiger partial charge is 0.291 e. The maximum absolute atomic E-state index is 11.9. The van der Waals surface area contributed by atoms with Gasteiger partial charge in [0.05, 0.1) is 17.3 Å². The van der Waals surface area contributed by atoms with E-state index in [0.29, 0.717) is 11.2 Å². The lowest BCUT2D eigenvalue weighted by molar-refractivity contribution is -0.384. The molecule has 0 spiro atoms. The third kappa shape index (κ3) is 3.18. The van der Waals surface area contributed by atoms with E-state index in [0.717, 1.165) is 0 Å². The van der Waals surface area contributed by atoms with Gasteiger partial charge >= 0.3 is 0 Å². The molecule has 114 valence electrons. The van der Waals surface area contributed by atoms with Crippen LogP contribution in [0.3, 0.4) is 0 Å². The summed E-state index contributed by atoms with van der Waals surface area (Å²) in [6, 6.07) is 5.78. The quantitative estimate of drug-likeness (QED) is 0.444. The summed E-state index contributed by atoms with van der Waals surface area (Å²) in [6.07, 6.45) is 7.76. The van der Waals surface area contributed by atoms with Crippen LogP contribution in [0.5, 0.6) is 0 Å². The lowest BCUT2D eigenvalue weighted by Gasteiger charge is -1.95. The van der Waals surface area contributed by atoms with Crippen molar-refractivity contribution in [3.63, 3.8) is 0 Å². The Hall–Kier alpha value is -3.62. The first-order valence-corrected chi connectivity index (χ1v) is 6.50. The summed E-state index contributed by atoms with van der Waals surface area (Å²) in [6.45, 7) is 0. The molecule has 0 fully saturated rings. The predicted molar refractivity (Wildman–Crippen MR) is 81.1 cm³/mol. The van der Waals surface area contributed by atoms with E-state index in [1.807, 2.05) is 0 Å². The molecule has 0 unspecified atom stereocenters. The Balaban J connectivity index is 1.67. The molecule has 0 bridgehead atoms. The fourth-order valence-corrected chi connectivity index (χ4v) is 1.86. The standard InChI is InChI=1S/C14H10N6O3/c21-14(12-9-19-6-5-15-8-13(19)17-12)18-16-7-10-1-3-11(4-2-10)20(22)23/h1-9H,(H,18,21). The number of imidazole rings is 1. The SMILES string of the molecule is O=C(NN=Cc1ccc([N+](=O)[O-])cc1)c1cn2ccncc2n1. The molecule has 0 atom stereocenters. The van der Waals surface area contributed by atoms with Crippen LogP contribution in [0.1, 0.15) is 16.1 Å². The molecule has 3 rings (SSSR count). The second-order valence-electron chi connectivity index (χ2n) is 4.52. The summed E-state index contributed by atoms with van der Waals surface area (Å²) in [7, 11) is 0. The number of hydrogen-bond donors (Lipinski definition) is 1. The van der Waals surface area contributed by atoms with Crippen LogP contribution in [0.15, 0.2) is 54.2 Å². The fraction of sp³-hybridized carbons (Fsp3) is 0. The molecule has 23 heavy (non-hydrogen) atoms. The number of nitrogens with one attached hydrogen (secondary N) is 1. The summed E-state index contributed by atoms with van der Waals surface area (Å²) < 4.78 is 1.67. The van der Waals surface area contributed by atoms with Crippen LogP contribution < -0.4 is 5.43 Å². The number of nitro groups is 1. The van der Waals surface area contributed by atoms with E-state index < -0.39 is 10.8 Å². The highest BCUT2D eigenvalue weighted by Crippen LogP contribution is 2.10. The lowest BCUT2D eigenvalue weighted by atomic mass is 10.2. The van der Waals surface area contributed by atoms with E-state index >= 15 is 0 Å². The molecule has 3 aromatic rings. The van der Waals surface area contributed by atoms with Crippen LogP contribution in [-0.4, -0.2) is 31.4 Å². The van der Waals surface area contributed by atoms with Crippen molar-refractivity contribution in [2.75, 3.05) is 0 Å². The topological polar surface area (TPSA) is 115 Å². The molecule has 0 saturated carbocycles. The van der Waals surface area contributed by atoms with Crippen LogP contribution in [0, 0.1) is 10.1 Å². The van der Waals surface area contributed by atoms with Crippen molar-refractivity contribution in [3.8, 4) is 0 Å². The summed E-state index contributed by atoms with van der Waals surface area (Å²) in [5.74, 6) is -0.466. The third-order valence-corrected chi connectivity index (χ3v) is 2.98. The van der Waals surface area contributed by atoms with Crippen molar-refractivity contribution >= 4 is 23.5 Å². The first-order valence-electron chi connectivity index (χ1n) is 6.50. The number of fused-ring (bicyclic) bond motifs is 1. The number of nitrogens with zero attached hydrogens (tertiary/aromatic N) is 5. The first-order chi connectivity index (χ1) is 11.1. The minimum Gasteiger partial charge on any atom is -0.303 e. The molecule has 0 saturated heterocycles. The van der Waals surface area contributed by atoms with Crippen molar-refractivity contribution in [1.29, 1.82) is 0 Å². The summed E-state index contributed by atoms with van der Waals surface area (Å²) in [5, 5.41) is 14.4. The van der Waals surface area contributed by atoms with E-state index in [4.69, 9.17) is 0 Å². The number of hydrogen-bond acceptors (Lipinski definition) is 6. The molecule has 0 aliphatic carbocycles. The van der Waals surface area contributed by atoms with Gasteiger partial charge in [0, 0.05) is 30.7 Å². The van der Waals surface area contributed by atoms with Gasteiger partial charge < -0.3 is 4.40 Å². The van der Waals surface area contributed by atoms with E-state index in [9.17, 15) is 14.9 Å². The number of aromatic nitrogens is 3. The fourth-order valence-electron chi connectivity index (χ4n) is 1.86. The number of benzene rings is 1. The van der Waals surface area contributed by atoms with Gasteiger partial charge in [-0.1, -0.05) is 0 Å². The van der Waals surface area contributed by atoms with Gasteiger partial charge in [-0.05, 0) is 17.7 Å². The number of amides is 1. The lowest BCUT2D eigenvalue weighted by Crippen LogP contribution is -2.17. The minimum absolute atomic E-state index is 0.00973. The van der Waals surface area contributed by atoms with Crippen LogP contribution in [0.25, 0.3) is 5.65 Å². The molecule has 2 aromatic heterocycles. The van der Waals surface area contributed by atoms with Crippen molar-refractivity contribution in [3.05, 3.63) is 70.4 Å². The van der Waals surface area contributed by atoms with Gasteiger partial charge in [-0.15, -0.1) is 0 Å². The second kappa shape index (κ2) is 6.02. The molecule has 9 heteroatoms. The molecular formula is C14H10N6O3. The highest BCUT2D eigenvalue weighted by molar-refractivity contribution is 5.93. The molecule has 9 nitrogen and oxygen atoms in total. The number of carbonyl (C=O) groups is 1. The second-order valence-corrected chi connectivity index (χ2v) is 4.52. The monoisotopic (exact) mass is 310 g/mol. The normalized spacial score (nSPS) is 11.0. The van der Waals surface area contributed by atoms with Gasteiger partial charge in [-0.25, -0.2) is 10.4 Å². The maximum atomic E-state index is 11.9. The minimum atomic E-state index is -0.485. The van der Waals surface area contributed by atoms with E-state index in [-0.39, 0.29) is 11.4 Å². The van der Waals surface area contributed by atoms with Crippen molar-refractivity contribution in [2.45, 2.75) is 0 Å². The largest absolute Gasteiger partial charge is 0.303 e. The Morgan fingerprint density at radius 2 is 2.13 bits per heavy atom. The zero-order valence-corrected chi connectivity index (χ0v) is 11.7. The Morgan fingerprint density at radius 1 is 1.35 bits per heavy atom. The van der Waals surface area contributed by atoms with E-state index in [1.165, 1.54) is 36.7 Å². The van der Waals surface area contributed by atoms with Crippen LogP contribution in [-0.2, 0) is 0 Å². The van der Waals surface area contributed by atoms with Crippen molar-refractivity contribution in [1.82, 2.24) is 19.8 Å². The van der Waals surface area contributed by atoms with Crippen LogP contribution in [0.4, 0.5) is 5.69 Å². The van der Waals surface area contributed by atoms with Gasteiger partial charge in [-0.2, -0.15) is 5.10 Å². The van der Waals surface area contributed by atoms with Gasteiger partial charge in [0.1, 0.15) is 5.69 Å². The predicted octanol–water partition coefficient (Wildman–Crippen LogP) is 1.40. The number of nitro benzene ring substituents is 1. The number of non-ortho nitro benzene ring substituents is 1. The molecule has 0 aliphatic rings.